The van der Waals surface area contributed by atoms with Crippen LogP contribution in [0, 0.1) is 27.7 Å². The summed E-state index contributed by atoms with van der Waals surface area (Å²) in [5, 5.41) is 11.6. The van der Waals surface area contributed by atoms with Crippen molar-refractivity contribution in [1.82, 2.24) is 4.68 Å². The minimum atomic E-state index is -1.20. The molecule has 1 aromatic heterocycles. The Morgan fingerprint density at radius 2 is 1.77 bits per heavy atom. The van der Waals surface area contributed by atoms with Crippen LogP contribution in [-0.2, 0) is 0 Å². The molecule has 116 valence electrons. The van der Waals surface area contributed by atoms with Crippen LogP contribution in [0.1, 0.15) is 32.7 Å². The van der Waals surface area contributed by atoms with Crippen molar-refractivity contribution in [2.45, 2.75) is 27.7 Å². The molecule has 0 aliphatic carbocycles. The first kappa shape index (κ1) is 14.4. The average Bonchev–Trinajstić information content (AvgIpc) is 2.44. The zero-order chi connectivity index (χ0) is 16.3. The summed E-state index contributed by atoms with van der Waals surface area (Å²) in [5.74, 6) is -0.541. The zero-order valence-corrected chi connectivity index (χ0v) is 13.3. The van der Waals surface area contributed by atoms with Gasteiger partial charge < -0.3 is 9.84 Å². The third-order valence-corrected chi connectivity index (χ3v) is 4.59. The van der Waals surface area contributed by atoms with E-state index in [1.165, 1.54) is 0 Å². The number of hydrogen-bond acceptors (Lipinski definition) is 4. The van der Waals surface area contributed by atoms with Crippen molar-refractivity contribution in [3.8, 4) is 5.75 Å². The molecule has 22 heavy (non-hydrogen) atoms. The number of nitrogens with zero attached hydrogens (tertiary/aromatic N) is 2. The molecule has 0 amide bonds. The van der Waals surface area contributed by atoms with Gasteiger partial charge in [-0.1, -0.05) is 0 Å². The molecule has 3 rings (SSSR count). The van der Waals surface area contributed by atoms with E-state index in [1.54, 1.807) is 23.7 Å². The molecular weight excluding hydrogens is 284 g/mol. The number of ether oxygens (including phenoxy) is 1. The SMILES string of the molecule is Cc1c(C)c2c3c(c1C)c(=O)c(C(=O)O)c(C)n3N(C)CO2. The van der Waals surface area contributed by atoms with Crippen molar-refractivity contribution in [3.05, 3.63) is 38.2 Å². The van der Waals surface area contributed by atoms with Crippen LogP contribution in [0.4, 0.5) is 0 Å². The number of aromatic carboxylic acids is 1. The molecule has 0 spiro atoms. The van der Waals surface area contributed by atoms with Crippen molar-refractivity contribution in [3.63, 3.8) is 0 Å². The Labute approximate surface area is 127 Å². The van der Waals surface area contributed by atoms with E-state index >= 15 is 0 Å². The number of benzene rings is 1. The Bertz CT molecular complexity index is 896. The maximum atomic E-state index is 12.8. The van der Waals surface area contributed by atoms with E-state index in [0.717, 1.165) is 16.7 Å². The first-order chi connectivity index (χ1) is 10.3. The lowest BCUT2D eigenvalue weighted by Crippen LogP contribution is -2.41. The molecule has 1 aromatic carbocycles. The molecule has 6 heteroatoms. The second-order valence-corrected chi connectivity index (χ2v) is 5.77. The van der Waals surface area contributed by atoms with Crippen LogP contribution in [-0.4, -0.2) is 29.5 Å². The molecule has 0 bridgehead atoms. The van der Waals surface area contributed by atoms with Gasteiger partial charge in [-0.3, -0.25) is 14.5 Å². The summed E-state index contributed by atoms with van der Waals surface area (Å²) in [5.41, 5.74) is 3.18. The van der Waals surface area contributed by atoms with E-state index < -0.39 is 11.4 Å². The number of aryl methyl sites for hydroxylation is 1. The molecule has 1 N–H and O–H groups in total. The summed E-state index contributed by atoms with van der Waals surface area (Å²) in [4.78, 5) is 24.3. The second-order valence-electron chi connectivity index (χ2n) is 5.77. The Kier molecular flexibility index (Phi) is 2.95. The summed E-state index contributed by atoms with van der Waals surface area (Å²) < 4.78 is 7.58. The first-order valence-corrected chi connectivity index (χ1v) is 7.04. The van der Waals surface area contributed by atoms with Gasteiger partial charge >= 0.3 is 5.97 Å². The first-order valence-electron chi connectivity index (χ1n) is 7.04. The van der Waals surface area contributed by atoms with Crippen LogP contribution < -0.4 is 15.2 Å². The molecule has 1 aliphatic rings. The van der Waals surface area contributed by atoms with Gasteiger partial charge in [0.05, 0.1) is 11.1 Å². The van der Waals surface area contributed by atoms with E-state index in [4.69, 9.17) is 4.74 Å². The fourth-order valence-electron chi connectivity index (χ4n) is 3.22. The van der Waals surface area contributed by atoms with Gasteiger partial charge in [-0.15, -0.1) is 0 Å². The minimum absolute atomic E-state index is 0.182. The lowest BCUT2D eigenvalue weighted by atomic mass is 9.95. The highest BCUT2D eigenvalue weighted by Gasteiger charge is 2.29. The number of carboxylic acids is 1. The number of hydrogen-bond donors (Lipinski definition) is 1. The summed E-state index contributed by atoms with van der Waals surface area (Å²) in [7, 11) is 1.80. The van der Waals surface area contributed by atoms with Gasteiger partial charge in [0.25, 0.3) is 0 Å². The Balaban J connectivity index is 2.71. The van der Waals surface area contributed by atoms with Crippen molar-refractivity contribution < 1.29 is 14.6 Å². The molecule has 0 fully saturated rings. The summed E-state index contributed by atoms with van der Waals surface area (Å²) in [6, 6.07) is 0. The molecule has 0 saturated heterocycles. The number of aromatic nitrogens is 1. The number of pyridine rings is 1. The monoisotopic (exact) mass is 302 g/mol. The lowest BCUT2D eigenvalue weighted by Gasteiger charge is -2.34. The summed E-state index contributed by atoms with van der Waals surface area (Å²) in [6.45, 7) is 7.68. The predicted octanol–water partition coefficient (Wildman–Crippen LogP) is 1.85. The van der Waals surface area contributed by atoms with Crippen LogP contribution in [0.15, 0.2) is 4.79 Å². The van der Waals surface area contributed by atoms with Crippen LogP contribution >= 0.6 is 0 Å². The highest BCUT2D eigenvalue weighted by Crippen LogP contribution is 2.36. The van der Waals surface area contributed by atoms with E-state index in [0.29, 0.717) is 29.1 Å². The fourth-order valence-corrected chi connectivity index (χ4v) is 3.22. The highest BCUT2D eigenvalue weighted by molar-refractivity contribution is 5.98. The van der Waals surface area contributed by atoms with Crippen LogP contribution in [0.25, 0.3) is 10.9 Å². The minimum Gasteiger partial charge on any atom is -0.477 e. The standard InChI is InChI=1S/C16H18N2O4/c1-7-8(2)11-13-15(9(7)3)22-6-17(5)18(13)10(4)12(14(11)19)16(20)21/h6H2,1-5H3,(H,20,21). The van der Waals surface area contributed by atoms with Gasteiger partial charge in [-0.25, -0.2) is 4.79 Å². The molecule has 2 aromatic rings. The number of rotatable bonds is 1. The highest BCUT2D eigenvalue weighted by atomic mass is 16.5. The molecule has 0 saturated carbocycles. The Morgan fingerprint density at radius 3 is 2.36 bits per heavy atom. The van der Waals surface area contributed by atoms with Crippen molar-refractivity contribution in [2.24, 2.45) is 0 Å². The quantitative estimate of drug-likeness (QED) is 0.870. The van der Waals surface area contributed by atoms with Gasteiger partial charge in [0.2, 0.25) is 5.43 Å². The number of carboxylic acid groups (broad SMARTS) is 1. The second kappa shape index (κ2) is 4.50. The van der Waals surface area contributed by atoms with E-state index in [9.17, 15) is 14.7 Å². The molecule has 0 atom stereocenters. The average molecular weight is 302 g/mol. The van der Waals surface area contributed by atoms with E-state index in [2.05, 4.69) is 0 Å². The molecule has 1 aliphatic heterocycles. The smallest absolute Gasteiger partial charge is 0.341 e. The van der Waals surface area contributed by atoms with Gasteiger partial charge in [-0.2, -0.15) is 0 Å². The number of carbonyl (C=O) groups is 1. The largest absolute Gasteiger partial charge is 0.477 e. The lowest BCUT2D eigenvalue weighted by molar-refractivity contribution is 0.0693. The van der Waals surface area contributed by atoms with E-state index in [-0.39, 0.29) is 5.56 Å². The van der Waals surface area contributed by atoms with E-state index in [1.807, 2.05) is 20.8 Å². The molecule has 6 nitrogen and oxygen atoms in total. The zero-order valence-electron chi connectivity index (χ0n) is 13.3. The Hall–Kier alpha value is -2.50. The normalized spacial score (nSPS) is 13.4. The van der Waals surface area contributed by atoms with Gasteiger partial charge in [-0.05, 0) is 44.4 Å². The molecule has 2 heterocycles. The summed E-state index contributed by atoms with van der Waals surface area (Å²) in [6.07, 6.45) is 0. The van der Waals surface area contributed by atoms with Crippen molar-refractivity contribution >= 4 is 16.9 Å². The van der Waals surface area contributed by atoms with Crippen molar-refractivity contribution in [2.75, 3.05) is 18.8 Å². The molecule has 0 unspecified atom stereocenters. The van der Waals surface area contributed by atoms with Gasteiger partial charge in [0.1, 0.15) is 11.1 Å². The third kappa shape index (κ3) is 1.60. The maximum absolute atomic E-state index is 12.8. The Morgan fingerprint density at radius 1 is 1.14 bits per heavy atom. The van der Waals surface area contributed by atoms with Crippen LogP contribution in [0.3, 0.4) is 0 Å². The van der Waals surface area contributed by atoms with Gasteiger partial charge in [0.15, 0.2) is 12.5 Å². The maximum Gasteiger partial charge on any atom is 0.341 e. The topological polar surface area (TPSA) is 71.8 Å². The summed E-state index contributed by atoms with van der Waals surface area (Å²) >= 11 is 0. The molecular formula is C16H18N2O4. The third-order valence-electron chi connectivity index (χ3n) is 4.59. The van der Waals surface area contributed by atoms with Gasteiger partial charge in [0, 0.05) is 7.05 Å². The van der Waals surface area contributed by atoms with Crippen LogP contribution in [0.2, 0.25) is 0 Å². The predicted molar refractivity (Wildman–Crippen MR) is 83.8 cm³/mol. The fraction of sp³-hybridized carbons (Fsp3) is 0.375. The van der Waals surface area contributed by atoms with Crippen LogP contribution in [0.5, 0.6) is 5.75 Å². The van der Waals surface area contributed by atoms with Crippen molar-refractivity contribution in [1.29, 1.82) is 0 Å². The molecule has 0 radical (unpaired) electrons.